The SMILES string of the molecule is NC(Cc1ccccc1)[C@@H](O)CNCCCc1ccccc1. The van der Waals surface area contributed by atoms with Crippen molar-refractivity contribution < 1.29 is 5.11 Å². The molecule has 3 heteroatoms. The predicted octanol–water partition coefficient (Wildman–Crippen LogP) is 2.14. The van der Waals surface area contributed by atoms with Crippen molar-refractivity contribution >= 4 is 0 Å². The Morgan fingerprint density at radius 1 is 0.909 bits per heavy atom. The van der Waals surface area contributed by atoms with E-state index in [0.29, 0.717) is 13.0 Å². The minimum atomic E-state index is -0.517. The third-order valence-electron chi connectivity index (χ3n) is 3.82. The minimum Gasteiger partial charge on any atom is -0.390 e. The van der Waals surface area contributed by atoms with Crippen molar-refractivity contribution in [3.05, 3.63) is 71.8 Å². The van der Waals surface area contributed by atoms with Gasteiger partial charge >= 0.3 is 0 Å². The van der Waals surface area contributed by atoms with E-state index in [4.69, 9.17) is 5.73 Å². The lowest BCUT2D eigenvalue weighted by Gasteiger charge is -2.19. The van der Waals surface area contributed by atoms with Crippen molar-refractivity contribution in [3.63, 3.8) is 0 Å². The molecule has 22 heavy (non-hydrogen) atoms. The number of nitrogens with one attached hydrogen (secondary N) is 1. The van der Waals surface area contributed by atoms with E-state index in [1.165, 1.54) is 5.56 Å². The summed E-state index contributed by atoms with van der Waals surface area (Å²) >= 11 is 0. The molecule has 0 fully saturated rings. The van der Waals surface area contributed by atoms with Gasteiger partial charge in [-0.3, -0.25) is 0 Å². The highest BCUT2D eigenvalue weighted by molar-refractivity contribution is 5.16. The zero-order valence-electron chi connectivity index (χ0n) is 13.0. The molecule has 1 unspecified atom stereocenters. The van der Waals surface area contributed by atoms with Crippen LogP contribution in [0.15, 0.2) is 60.7 Å². The average Bonchev–Trinajstić information content (AvgIpc) is 2.56. The van der Waals surface area contributed by atoms with Crippen molar-refractivity contribution in [1.82, 2.24) is 5.32 Å². The molecule has 118 valence electrons. The Labute approximate surface area is 133 Å². The molecule has 0 aromatic heterocycles. The van der Waals surface area contributed by atoms with Gasteiger partial charge in [-0.2, -0.15) is 0 Å². The Morgan fingerprint density at radius 3 is 2.14 bits per heavy atom. The lowest BCUT2D eigenvalue weighted by atomic mass is 10.0. The van der Waals surface area contributed by atoms with Crippen molar-refractivity contribution in [3.8, 4) is 0 Å². The molecule has 3 nitrogen and oxygen atoms in total. The number of aliphatic hydroxyl groups is 1. The van der Waals surface area contributed by atoms with E-state index in [1.807, 2.05) is 36.4 Å². The van der Waals surface area contributed by atoms with E-state index in [-0.39, 0.29) is 6.04 Å². The lowest BCUT2D eigenvalue weighted by Crippen LogP contribution is -2.43. The van der Waals surface area contributed by atoms with E-state index in [1.54, 1.807) is 0 Å². The van der Waals surface area contributed by atoms with Gasteiger partial charge in [0.15, 0.2) is 0 Å². The zero-order valence-corrected chi connectivity index (χ0v) is 13.0. The molecule has 0 aliphatic heterocycles. The summed E-state index contributed by atoms with van der Waals surface area (Å²) in [5.41, 5.74) is 8.58. The predicted molar refractivity (Wildman–Crippen MR) is 91.8 cm³/mol. The van der Waals surface area contributed by atoms with E-state index in [2.05, 4.69) is 29.6 Å². The van der Waals surface area contributed by atoms with Crippen LogP contribution in [0.4, 0.5) is 0 Å². The quantitative estimate of drug-likeness (QED) is 0.622. The summed E-state index contributed by atoms with van der Waals surface area (Å²) in [7, 11) is 0. The van der Waals surface area contributed by atoms with Crippen LogP contribution in [0.1, 0.15) is 17.5 Å². The Kier molecular flexibility index (Phi) is 7.10. The van der Waals surface area contributed by atoms with Crippen LogP contribution in [0.3, 0.4) is 0 Å². The fraction of sp³-hybridized carbons (Fsp3) is 0.368. The van der Waals surface area contributed by atoms with Gasteiger partial charge < -0.3 is 16.2 Å². The van der Waals surface area contributed by atoms with Gasteiger partial charge in [-0.15, -0.1) is 0 Å². The van der Waals surface area contributed by atoms with E-state index in [9.17, 15) is 5.11 Å². The molecule has 0 bridgehead atoms. The topological polar surface area (TPSA) is 58.3 Å². The second-order valence-electron chi connectivity index (χ2n) is 5.71. The first-order chi connectivity index (χ1) is 10.8. The van der Waals surface area contributed by atoms with Crippen LogP contribution in [0.25, 0.3) is 0 Å². The number of aliphatic hydroxyl groups excluding tert-OH is 1. The highest BCUT2D eigenvalue weighted by Crippen LogP contribution is 2.04. The summed E-state index contributed by atoms with van der Waals surface area (Å²) < 4.78 is 0. The van der Waals surface area contributed by atoms with Crippen LogP contribution < -0.4 is 11.1 Å². The molecule has 0 saturated heterocycles. The van der Waals surface area contributed by atoms with E-state index in [0.717, 1.165) is 24.9 Å². The van der Waals surface area contributed by atoms with Gasteiger partial charge in [0.1, 0.15) is 0 Å². The Hall–Kier alpha value is -1.68. The molecule has 2 atom stereocenters. The third kappa shape index (κ3) is 5.98. The molecule has 2 aromatic rings. The second-order valence-corrected chi connectivity index (χ2v) is 5.71. The molecule has 0 radical (unpaired) electrons. The van der Waals surface area contributed by atoms with Crippen LogP contribution in [-0.2, 0) is 12.8 Å². The number of hydrogen-bond acceptors (Lipinski definition) is 3. The molecular formula is C19H26N2O. The second kappa shape index (κ2) is 9.36. The Balaban J connectivity index is 1.60. The van der Waals surface area contributed by atoms with Gasteiger partial charge in [0, 0.05) is 12.6 Å². The van der Waals surface area contributed by atoms with Crippen LogP contribution in [0.2, 0.25) is 0 Å². The molecule has 0 spiro atoms. The smallest absolute Gasteiger partial charge is 0.0818 e. The molecule has 0 aliphatic rings. The molecule has 2 aromatic carbocycles. The summed E-state index contributed by atoms with van der Waals surface area (Å²) in [5, 5.41) is 13.4. The zero-order chi connectivity index (χ0) is 15.6. The fourth-order valence-corrected chi connectivity index (χ4v) is 2.49. The van der Waals surface area contributed by atoms with Crippen molar-refractivity contribution in [2.24, 2.45) is 5.73 Å². The lowest BCUT2D eigenvalue weighted by molar-refractivity contribution is 0.142. The van der Waals surface area contributed by atoms with E-state index < -0.39 is 6.10 Å². The number of aryl methyl sites for hydroxylation is 1. The number of hydrogen-bond donors (Lipinski definition) is 3. The first-order valence-corrected chi connectivity index (χ1v) is 7.98. The number of nitrogens with two attached hydrogens (primary N) is 1. The fourth-order valence-electron chi connectivity index (χ4n) is 2.49. The van der Waals surface area contributed by atoms with E-state index >= 15 is 0 Å². The molecule has 0 aliphatic carbocycles. The first kappa shape index (κ1) is 16.7. The number of rotatable bonds is 9. The Bertz CT molecular complexity index is 515. The van der Waals surface area contributed by atoms with Gasteiger partial charge in [-0.1, -0.05) is 60.7 Å². The van der Waals surface area contributed by atoms with Crippen LogP contribution in [0.5, 0.6) is 0 Å². The van der Waals surface area contributed by atoms with Crippen LogP contribution in [-0.4, -0.2) is 30.3 Å². The monoisotopic (exact) mass is 298 g/mol. The molecule has 4 N–H and O–H groups in total. The molecule has 2 rings (SSSR count). The standard InChI is InChI=1S/C19H26N2O/c20-18(14-17-10-5-2-6-11-17)19(22)15-21-13-7-12-16-8-3-1-4-9-16/h1-6,8-11,18-19,21-22H,7,12-15,20H2/t18?,19-/m0/s1. The maximum absolute atomic E-state index is 10.1. The molecule has 0 amide bonds. The third-order valence-corrected chi connectivity index (χ3v) is 3.82. The number of benzene rings is 2. The highest BCUT2D eigenvalue weighted by Gasteiger charge is 2.14. The summed E-state index contributed by atoms with van der Waals surface area (Å²) in [6.07, 6.45) is 2.30. The first-order valence-electron chi connectivity index (χ1n) is 7.98. The normalized spacial score (nSPS) is 13.7. The Morgan fingerprint density at radius 2 is 1.50 bits per heavy atom. The van der Waals surface area contributed by atoms with Gasteiger partial charge in [-0.05, 0) is 36.9 Å². The summed E-state index contributed by atoms with van der Waals surface area (Å²) in [6.45, 7) is 1.44. The van der Waals surface area contributed by atoms with Gasteiger partial charge in [-0.25, -0.2) is 0 Å². The van der Waals surface area contributed by atoms with Crippen LogP contribution in [0, 0.1) is 0 Å². The van der Waals surface area contributed by atoms with Crippen LogP contribution >= 0.6 is 0 Å². The van der Waals surface area contributed by atoms with Crippen molar-refractivity contribution in [2.45, 2.75) is 31.4 Å². The van der Waals surface area contributed by atoms with Gasteiger partial charge in [0.2, 0.25) is 0 Å². The van der Waals surface area contributed by atoms with Crippen molar-refractivity contribution in [1.29, 1.82) is 0 Å². The molecule has 0 heterocycles. The summed E-state index contributed by atoms with van der Waals surface area (Å²) in [4.78, 5) is 0. The molecular weight excluding hydrogens is 272 g/mol. The maximum atomic E-state index is 10.1. The molecule has 0 saturated carbocycles. The summed E-state index contributed by atoms with van der Waals surface area (Å²) in [5.74, 6) is 0. The largest absolute Gasteiger partial charge is 0.390 e. The highest BCUT2D eigenvalue weighted by atomic mass is 16.3. The summed E-state index contributed by atoms with van der Waals surface area (Å²) in [6, 6.07) is 20.3. The minimum absolute atomic E-state index is 0.232. The average molecular weight is 298 g/mol. The van der Waals surface area contributed by atoms with Crippen molar-refractivity contribution in [2.75, 3.05) is 13.1 Å². The van der Waals surface area contributed by atoms with Gasteiger partial charge in [0.25, 0.3) is 0 Å². The van der Waals surface area contributed by atoms with Gasteiger partial charge in [0.05, 0.1) is 6.10 Å². The maximum Gasteiger partial charge on any atom is 0.0818 e.